The third-order valence-electron chi connectivity index (χ3n) is 8.98. The van der Waals surface area contributed by atoms with E-state index in [1.165, 1.54) is 0 Å². The molecule has 1 aliphatic carbocycles. The molecule has 292 valence electrons. The highest BCUT2D eigenvalue weighted by molar-refractivity contribution is 6.33. The van der Waals surface area contributed by atoms with Crippen LogP contribution in [0.2, 0.25) is 5.02 Å². The number of hydrogen-bond acceptors (Lipinski definition) is 8. The Morgan fingerprint density at radius 3 is 1.86 bits per heavy atom. The summed E-state index contributed by atoms with van der Waals surface area (Å²) in [5, 5.41) is 16.5. The summed E-state index contributed by atoms with van der Waals surface area (Å²) in [5.41, 5.74) is 10.4. The van der Waals surface area contributed by atoms with Crippen LogP contribution in [0.3, 0.4) is 0 Å². The van der Waals surface area contributed by atoms with Crippen molar-refractivity contribution >= 4 is 46.3 Å². The second kappa shape index (κ2) is 17.3. The van der Waals surface area contributed by atoms with E-state index in [0.29, 0.717) is 28.1 Å². The van der Waals surface area contributed by atoms with Gasteiger partial charge in [0.1, 0.15) is 11.4 Å². The van der Waals surface area contributed by atoms with Crippen LogP contribution in [0.4, 0.5) is 22.7 Å². The minimum atomic E-state index is -0.969. The van der Waals surface area contributed by atoms with Crippen molar-refractivity contribution < 1.29 is 24.2 Å². The predicted molar refractivity (Wildman–Crippen MR) is 229 cm³/mol. The van der Waals surface area contributed by atoms with Gasteiger partial charge in [-0.25, -0.2) is 9.59 Å². The van der Waals surface area contributed by atoms with Crippen LogP contribution in [-0.4, -0.2) is 38.7 Å². The number of aromatic nitrogens is 2. The highest BCUT2D eigenvalue weighted by Crippen LogP contribution is 2.33. The van der Waals surface area contributed by atoms with Crippen LogP contribution in [0, 0.1) is 27.7 Å². The van der Waals surface area contributed by atoms with Gasteiger partial charge in [0.25, 0.3) is 0 Å². The molecular weight excluding hydrogens is 736 g/mol. The van der Waals surface area contributed by atoms with Crippen LogP contribution in [0.15, 0.2) is 109 Å². The van der Waals surface area contributed by atoms with Gasteiger partial charge >= 0.3 is 11.9 Å². The molecule has 0 saturated heterocycles. The van der Waals surface area contributed by atoms with Gasteiger partial charge < -0.3 is 25.2 Å². The number of hydrogen-bond donors (Lipinski definition) is 3. The third-order valence-corrected chi connectivity index (χ3v) is 9.31. The number of carbonyl (C=O) groups excluding carboxylic acids is 1. The molecule has 0 bridgehead atoms. The van der Waals surface area contributed by atoms with Gasteiger partial charge in [-0.2, -0.15) is 0 Å². The van der Waals surface area contributed by atoms with Gasteiger partial charge in [0, 0.05) is 16.1 Å². The smallest absolute Gasteiger partial charge is 0.340 e. The molecule has 0 atom stereocenters. The number of ether oxygens (including phenoxy) is 2. The van der Waals surface area contributed by atoms with Gasteiger partial charge in [0.15, 0.2) is 0 Å². The fourth-order valence-electron chi connectivity index (χ4n) is 6.14. The molecule has 1 fully saturated rings. The number of carbonyl (C=O) groups is 2. The summed E-state index contributed by atoms with van der Waals surface area (Å²) in [5.74, 6) is -0.434. The minimum Gasteiger partial charge on any atom is -0.490 e. The first kappa shape index (κ1) is 40.5. The Kier molecular flexibility index (Phi) is 12.3. The third kappa shape index (κ3) is 10.8. The van der Waals surface area contributed by atoms with Gasteiger partial charge in [0.2, 0.25) is 0 Å². The molecule has 0 amide bonds. The van der Waals surface area contributed by atoms with E-state index in [2.05, 4.69) is 15.6 Å². The van der Waals surface area contributed by atoms with Crippen molar-refractivity contribution in [3.8, 4) is 28.3 Å². The number of benzene rings is 4. The number of nitrogens with one attached hydrogen (secondary N) is 2. The number of pyridine rings is 2. The number of carboxylic acid groups (broad SMARTS) is 1. The van der Waals surface area contributed by atoms with Gasteiger partial charge in [0.05, 0.1) is 63.8 Å². The Morgan fingerprint density at radius 1 is 0.719 bits per heavy atom. The fourth-order valence-corrected chi connectivity index (χ4v) is 6.37. The molecule has 0 aliphatic heterocycles. The summed E-state index contributed by atoms with van der Waals surface area (Å²) in [6.45, 7) is 13.4. The maximum atomic E-state index is 12.8. The average molecular weight is 783 g/mol. The van der Waals surface area contributed by atoms with Gasteiger partial charge in [-0.3, -0.25) is 9.97 Å². The van der Waals surface area contributed by atoms with Crippen LogP contribution in [0.1, 0.15) is 76.6 Å². The molecule has 0 spiro atoms. The Labute approximate surface area is 339 Å². The standard InChI is InChI=1S/C27H30N2O3.C20H17ClN2O2/c1-17-9-12-24(23(13-17)26(30)32-27(3,4)5)29-20-14-18(2)25(28-16-20)19-7-6-8-22(15-19)31-21-10-11-21;1-12-7-8-18(16(9-12)20(24)25)23-14-10-13(2)19(22-11-14)15-5-3-4-6-17(15)21/h6-9,12-16,21,29H,10-11H2,1-5H3;3-11,23H,1-2H3,(H,24,25). The highest BCUT2D eigenvalue weighted by atomic mass is 35.5. The molecule has 4 aromatic carbocycles. The number of aromatic carboxylic acids is 1. The summed E-state index contributed by atoms with van der Waals surface area (Å²) in [6.07, 6.45) is 6.09. The Hall–Kier alpha value is -6.19. The first-order valence-electron chi connectivity index (χ1n) is 18.8. The first-order valence-corrected chi connectivity index (χ1v) is 19.2. The number of halogens is 1. The quantitative estimate of drug-likeness (QED) is 0.117. The minimum absolute atomic E-state index is 0.229. The highest BCUT2D eigenvalue weighted by Gasteiger charge is 2.24. The zero-order chi connectivity index (χ0) is 40.9. The van der Waals surface area contributed by atoms with E-state index >= 15 is 0 Å². The van der Waals surface area contributed by atoms with E-state index in [1.54, 1.807) is 24.5 Å². The summed E-state index contributed by atoms with van der Waals surface area (Å²) >= 11 is 6.25. The van der Waals surface area contributed by atoms with Crippen molar-refractivity contribution in [1.82, 2.24) is 9.97 Å². The van der Waals surface area contributed by atoms with Crippen molar-refractivity contribution in [3.63, 3.8) is 0 Å². The molecule has 6 aromatic rings. The molecule has 2 aromatic heterocycles. The number of rotatable bonds is 10. The number of nitrogens with zero attached hydrogens (tertiary/aromatic N) is 2. The topological polar surface area (TPSA) is 123 Å². The Balaban J connectivity index is 0.000000199. The lowest BCUT2D eigenvalue weighted by Crippen LogP contribution is -2.24. The zero-order valence-electron chi connectivity index (χ0n) is 33.2. The van der Waals surface area contributed by atoms with Gasteiger partial charge in [-0.15, -0.1) is 0 Å². The van der Waals surface area contributed by atoms with E-state index in [1.807, 2.05) is 133 Å². The molecule has 0 radical (unpaired) electrons. The van der Waals surface area contributed by atoms with E-state index in [-0.39, 0.29) is 11.5 Å². The lowest BCUT2D eigenvalue weighted by Gasteiger charge is -2.21. The fraction of sp³-hybridized carbons (Fsp3) is 0.234. The molecule has 2 heterocycles. The molecule has 1 aliphatic rings. The number of carboxylic acids is 1. The Morgan fingerprint density at radius 2 is 1.30 bits per heavy atom. The van der Waals surface area contributed by atoms with Crippen molar-refractivity contribution in [1.29, 1.82) is 0 Å². The van der Waals surface area contributed by atoms with Crippen LogP contribution >= 0.6 is 11.6 Å². The van der Waals surface area contributed by atoms with Gasteiger partial charge in [-0.1, -0.05) is 65.2 Å². The maximum absolute atomic E-state index is 12.8. The van der Waals surface area contributed by atoms with Crippen LogP contribution in [-0.2, 0) is 4.74 Å². The second-order valence-corrected chi connectivity index (χ2v) is 15.7. The number of aryl methyl sites for hydroxylation is 4. The average Bonchev–Trinajstić information content (AvgIpc) is 3.97. The van der Waals surface area contributed by atoms with Crippen molar-refractivity contribution in [3.05, 3.63) is 148 Å². The molecule has 57 heavy (non-hydrogen) atoms. The number of esters is 1. The van der Waals surface area contributed by atoms with Crippen molar-refractivity contribution in [2.24, 2.45) is 0 Å². The van der Waals surface area contributed by atoms with Crippen molar-refractivity contribution in [2.75, 3.05) is 10.6 Å². The normalized spacial score (nSPS) is 12.2. The van der Waals surface area contributed by atoms with Crippen LogP contribution < -0.4 is 15.4 Å². The molecule has 1 saturated carbocycles. The summed E-state index contributed by atoms with van der Waals surface area (Å²) in [6, 6.07) is 30.6. The van der Waals surface area contributed by atoms with E-state index in [0.717, 1.165) is 74.7 Å². The predicted octanol–water partition coefficient (Wildman–Crippen LogP) is 12.1. The lowest BCUT2D eigenvalue weighted by atomic mass is 10.1. The Bertz CT molecular complexity index is 2440. The molecule has 9 nitrogen and oxygen atoms in total. The molecule has 3 N–H and O–H groups in total. The molecule has 10 heteroatoms. The SMILES string of the molecule is Cc1ccc(Nc2cnc(-c3cccc(OC4CC4)c3)c(C)c2)c(C(=O)OC(C)(C)C)c1.Cc1ccc(Nc2cnc(-c3ccccc3Cl)c(C)c2)c(C(=O)O)c1. The molecular formula is C47H47ClN4O5. The summed E-state index contributed by atoms with van der Waals surface area (Å²) in [7, 11) is 0. The van der Waals surface area contributed by atoms with Crippen LogP contribution in [0.25, 0.3) is 22.5 Å². The largest absolute Gasteiger partial charge is 0.490 e. The van der Waals surface area contributed by atoms with E-state index < -0.39 is 11.6 Å². The number of anilines is 4. The maximum Gasteiger partial charge on any atom is 0.340 e. The van der Waals surface area contributed by atoms with Crippen LogP contribution in [0.5, 0.6) is 5.75 Å². The van der Waals surface area contributed by atoms with Crippen molar-refractivity contribution in [2.45, 2.75) is 73.0 Å². The van der Waals surface area contributed by atoms with Gasteiger partial charge in [-0.05, 0) is 127 Å². The summed E-state index contributed by atoms with van der Waals surface area (Å²) in [4.78, 5) is 33.4. The first-order chi connectivity index (χ1) is 27.1. The molecule has 7 rings (SSSR count). The zero-order valence-corrected chi connectivity index (χ0v) is 34.0. The van der Waals surface area contributed by atoms with E-state index in [9.17, 15) is 14.7 Å². The summed E-state index contributed by atoms with van der Waals surface area (Å²) < 4.78 is 11.5. The lowest BCUT2D eigenvalue weighted by molar-refractivity contribution is 0.00703. The van der Waals surface area contributed by atoms with E-state index in [4.69, 9.17) is 26.1 Å². The molecule has 0 unspecified atom stereocenters. The second-order valence-electron chi connectivity index (χ2n) is 15.3. The monoisotopic (exact) mass is 782 g/mol.